The number of cyclic esters (lactones) is 2. The molecular formula is C19H20Cl2N2O5. The maximum atomic E-state index is 13.7. The summed E-state index contributed by atoms with van der Waals surface area (Å²) in [7, 11) is 0. The molecule has 1 aromatic rings. The summed E-state index contributed by atoms with van der Waals surface area (Å²) in [5, 5.41) is 3.69. The van der Waals surface area contributed by atoms with Crippen molar-refractivity contribution in [1.82, 2.24) is 5.32 Å². The van der Waals surface area contributed by atoms with Crippen LogP contribution >= 0.6 is 23.2 Å². The minimum absolute atomic E-state index is 0.178. The minimum Gasteiger partial charge on any atom is -0.410 e. The molecule has 1 saturated heterocycles. The highest BCUT2D eigenvalue weighted by atomic mass is 35.5. The van der Waals surface area contributed by atoms with Gasteiger partial charge in [-0.3, -0.25) is 4.79 Å². The number of carbonyl (C=O) groups is 3. The Morgan fingerprint density at radius 3 is 2.18 bits per heavy atom. The maximum absolute atomic E-state index is 13.7. The predicted molar refractivity (Wildman–Crippen MR) is 104 cm³/mol. The molecule has 2 heterocycles. The Labute approximate surface area is 172 Å². The Morgan fingerprint density at radius 1 is 1.14 bits per heavy atom. The number of nitrogens with one attached hydrogen (secondary N) is 1. The highest BCUT2D eigenvalue weighted by Crippen LogP contribution is 2.39. The first kappa shape index (κ1) is 20.6. The number of esters is 2. The molecule has 0 aliphatic carbocycles. The van der Waals surface area contributed by atoms with Gasteiger partial charge in [0.2, 0.25) is 0 Å². The molecule has 1 fully saturated rings. The quantitative estimate of drug-likeness (QED) is 0.744. The maximum Gasteiger partial charge on any atom is 0.340 e. The molecule has 28 heavy (non-hydrogen) atoms. The van der Waals surface area contributed by atoms with Crippen molar-refractivity contribution in [3.8, 4) is 0 Å². The minimum atomic E-state index is -2.09. The second-order valence-corrected chi connectivity index (χ2v) is 7.30. The average molecular weight is 427 g/mol. The second-order valence-electron chi connectivity index (χ2n) is 6.49. The highest BCUT2D eigenvalue weighted by molar-refractivity contribution is 6.40. The van der Waals surface area contributed by atoms with Gasteiger partial charge in [-0.15, -0.1) is 0 Å². The van der Waals surface area contributed by atoms with Crippen molar-refractivity contribution in [2.75, 3.05) is 24.5 Å². The SMILES string of the molecule is CCN(C(=O)C1(C2CCNCC2)OC(=O)C=CC(=O)O1)c1c(Cl)cccc1Cl. The van der Waals surface area contributed by atoms with E-state index in [1.54, 1.807) is 25.1 Å². The Morgan fingerprint density at radius 2 is 1.68 bits per heavy atom. The first-order chi connectivity index (χ1) is 13.4. The van der Waals surface area contributed by atoms with Crippen LogP contribution in [0.15, 0.2) is 30.4 Å². The van der Waals surface area contributed by atoms with Crippen LogP contribution < -0.4 is 10.2 Å². The van der Waals surface area contributed by atoms with Crippen molar-refractivity contribution >= 4 is 46.7 Å². The lowest BCUT2D eigenvalue weighted by Crippen LogP contribution is -2.60. The number of amides is 1. The smallest absolute Gasteiger partial charge is 0.340 e. The fourth-order valence-electron chi connectivity index (χ4n) is 3.49. The van der Waals surface area contributed by atoms with Crippen LogP contribution in [0.4, 0.5) is 5.69 Å². The number of nitrogens with zero attached hydrogens (tertiary/aromatic N) is 1. The van der Waals surface area contributed by atoms with E-state index in [-0.39, 0.29) is 22.3 Å². The molecule has 0 radical (unpaired) electrons. The van der Waals surface area contributed by atoms with Gasteiger partial charge in [-0.2, -0.15) is 0 Å². The first-order valence-corrected chi connectivity index (χ1v) is 9.75. The van der Waals surface area contributed by atoms with Crippen LogP contribution in [0.1, 0.15) is 19.8 Å². The summed E-state index contributed by atoms with van der Waals surface area (Å²) < 4.78 is 11.0. The molecule has 1 aromatic carbocycles. The number of para-hydroxylation sites is 1. The van der Waals surface area contributed by atoms with Crippen molar-refractivity contribution in [3.05, 3.63) is 40.4 Å². The molecule has 2 aliphatic heterocycles. The van der Waals surface area contributed by atoms with E-state index in [2.05, 4.69) is 5.32 Å². The molecule has 0 spiro atoms. The average Bonchev–Trinajstić information content (AvgIpc) is 2.84. The van der Waals surface area contributed by atoms with Crippen LogP contribution in [0.3, 0.4) is 0 Å². The highest BCUT2D eigenvalue weighted by Gasteiger charge is 2.56. The molecule has 9 heteroatoms. The predicted octanol–water partition coefficient (Wildman–Crippen LogP) is 2.70. The van der Waals surface area contributed by atoms with E-state index in [1.165, 1.54) is 4.90 Å². The second kappa shape index (κ2) is 8.51. The summed E-state index contributed by atoms with van der Waals surface area (Å²) >= 11 is 12.6. The zero-order valence-electron chi connectivity index (χ0n) is 15.2. The molecule has 0 bridgehead atoms. The lowest BCUT2D eigenvalue weighted by molar-refractivity contribution is -0.236. The van der Waals surface area contributed by atoms with Crippen LogP contribution in [0, 0.1) is 5.92 Å². The van der Waals surface area contributed by atoms with Gasteiger partial charge in [0.05, 0.1) is 15.7 Å². The third-order valence-electron chi connectivity index (χ3n) is 4.80. The molecule has 0 unspecified atom stereocenters. The topological polar surface area (TPSA) is 84.9 Å². The van der Waals surface area contributed by atoms with E-state index in [1.807, 2.05) is 0 Å². The van der Waals surface area contributed by atoms with Gasteiger partial charge in [-0.25, -0.2) is 9.59 Å². The Balaban J connectivity index is 2.09. The molecule has 0 aromatic heterocycles. The van der Waals surface area contributed by atoms with E-state index in [4.69, 9.17) is 32.7 Å². The number of carbonyl (C=O) groups excluding carboxylic acids is 3. The van der Waals surface area contributed by atoms with Crippen molar-refractivity contribution in [2.45, 2.75) is 25.6 Å². The molecular weight excluding hydrogens is 407 g/mol. The molecule has 150 valence electrons. The fourth-order valence-corrected chi connectivity index (χ4v) is 4.09. The zero-order chi connectivity index (χ0) is 20.3. The largest absolute Gasteiger partial charge is 0.410 e. The zero-order valence-corrected chi connectivity index (χ0v) is 16.8. The number of halogens is 2. The van der Waals surface area contributed by atoms with Crippen LogP contribution in [-0.2, 0) is 23.9 Å². The molecule has 1 N–H and O–H groups in total. The number of hydrogen-bond donors (Lipinski definition) is 1. The molecule has 3 rings (SSSR count). The van der Waals surface area contributed by atoms with Crippen molar-refractivity contribution in [2.24, 2.45) is 5.92 Å². The number of rotatable bonds is 4. The van der Waals surface area contributed by atoms with Gasteiger partial charge >= 0.3 is 23.6 Å². The summed E-state index contributed by atoms with van der Waals surface area (Å²) in [4.78, 5) is 39.4. The normalized spacial score (nSPS) is 19.5. The Hall–Kier alpha value is -2.09. The van der Waals surface area contributed by atoms with Gasteiger partial charge < -0.3 is 19.7 Å². The number of anilines is 1. The number of likely N-dealkylation sites (N-methyl/N-ethyl adjacent to an activating group) is 1. The monoisotopic (exact) mass is 426 g/mol. The van der Waals surface area contributed by atoms with Crippen molar-refractivity contribution in [1.29, 1.82) is 0 Å². The van der Waals surface area contributed by atoms with Gasteiger partial charge in [-0.1, -0.05) is 29.3 Å². The van der Waals surface area contributed by atoms with Gasteiger partial charge in [-0.05, 0) is 45.0 Å². The van der Waals surface area contributed by atoms with Gasteiger partial charge in [0.25, 0.3) is 0 Å². The van der Waals surface area contributed by atoms with Gasteiger partial charge in [0.1, 0.15) is 0 Å². The van der Waals surface area contributed by atoms with E-state index >= 15 is 0 Å². The molecule has 0 saturated carbocycles. The molecule has 0 atom stereocenters. The van der Waals surface area contributed by atoms with E-state index in [9.17, 15) is 14.4 Å². The van der Waals surface area contributed by atoms with E-state index in [0.717, 1.165) is 12.2 Å². The molecule has 2 aliphatic rings. The molecule has 7 nitrogen and oxygen atoms in total. The number of ether oxygens (including phenoxy) is 2. The fraction of sp³-hybridized carbons (Fsp3) is 0.421. The standard InChI is InChI=1S/C19H20Cl2N2O5/c1-2-23(17-13(20)4-3-5-14(17)21)18(26)19(12-8-10-22-11-9-12)27-15(24)6-7-16(25)28-19/h3-7,12,22H,2,8-11H2,1H3. The number of benzene rings is 1. The first-order valence-electron chi connectivity index (χ1n) is 8.99. The van der Waals surface area contributed by atoms with Crippen molar-refractivity contribution < 1.29 is 23.9 Å². The summed E-state index contributed by atoms with van der Waals surface area (Å²) in [6.07, 6.45) is 2.88. The Kier molecular flexibility index (Phi) is 6.27. The Bertz CT molecular complexity index is 780. The summed E-state index contributed by atoms with van der Waals surface area (Å²) in [5.74, 6) is -4.93. The third-order valence-corrected chi connectivity index (χ3v) is 5.41. The lowest BCUT2D eigenvalue weighted by atomic mass is 9.87. The van der Waals surface area contributed by atoms with Crippen LogP contribution in [0.2, 0.25) is 10.0 Å². The van der Waals surface area contributed by atoms with Crippen LogP contribution in [-0.4, -0.2) is 43.3 Å². The van der Waals surface area contributed by atoms with Gasteiger partial charge in [0, 0.05) is 24.6 Å². The van der Waals surface area contributed by atoms with Crippen LogP contribution in [0.5, 0.6) is 0 Å². The van der Waals surface area contributed by atoms with E-state index in [0.29, 0.717) is 25.9 Å². The third kappa shape index (κ3) is 3.87. The number of piperidine rings is 1. The van der Waals surface area contributed by atoms with Crippen molar-refractivity contribution in [3.63, 3.8) is 0 Å². The molecule has 1 amide bonds. The number of hydrogen-bond acceptors (Lipinski definition) is 6. The van der Waals surface area contributed by atoms with Crippen LogP contribution in [0.25, 0.3) is 0 Å². The summed E-state index contributed by atoms with van der Waals surface area (Å²) in [6.45, 7) is 3.10. The summed E-state index contributed by atoms with van der Waals surface area (Å²) in [6, 6.07) is 4.86. The lowest BCUT2D eigenvalue weighted by Gasteiger charge is -2.41. The van der Waals surface area contributed by atoms with Gasteiger partial charge in [0.15, 0.2) is 0 Å². The van der Waals surface area contributed by atoms with E-state index < -0.39 is 29.6 Å². The summed E-state index contributed by atoms with van der Waals surface area (Å²) in [5.41, 5.74) is 0.274.